The predicted octanol–water partition coefficient (Wildman–Crippen LogP) is 2.49. The van der Waals surface area contributed by atoms with Crippen LogP contribution in [-0.4, -0.2) is 43.4 Å². The van der Waals surface area contributed by atoms with E-state index < -0.39 is 21.7 Å². The maximum atomic E-state index is 13.2. The highest BCUT2D eigenvalue weighted by Crippen LogP contribution is 2.29. The van der Waals surface area contributed by atoms with E-state index in [1.807, 2.05) is 19.1 Å². The summed E-state index contributed by atoms with van der Waals surface area (Å²) in [6, 6.07) is 9.83. The van der Waals surface area contributed by atoms with Gasteiger partial charge < -0.3 is 14.5 Å². The molecule has 1 atom stereocenters. The van der Waals surface area contributed by atoms with E-state index in [-0.39, 0.29) is 22.9 Å². The Hall–Kier alpha value is -3.11. The molecule has 1 N–H and O–H groups in total. The van der Waals surface area contributed by atoms with Crippen molar-refractivity contribution in [3.63, 3.8) is 0 Å². The average Bonchev–Trinajstić information content (AvgIpc) is 3.07. The Morgan fingerprint density at radius 2 is 2.00 bits per heavy atom. The summed E-state index contributed by atoms with van der Waals surface area (Å²) < 4.78 is 39.6. The fourth-order valence-electron chi connectivity index (χ4n) is 3.95. The lowest BCUT2D eigenvalue weighted by molar-refractivity contribution is -0.120. The molecule has 1 aliphatic heterocycles. The van der Waals surface area contributed by atoms with Crippen molar-refractivity contribution < 1.29 is 22.4 Å². The molecule has 0 saturated carbocycles. The number of aromatic nitrogens is 1. The fourth-order valence-corrected chi connectivity index (χ4v) is 5.49. The average molecular weight is 460 g/mol. The van der Waals surface area contributed by atoms with Crippen LogP contribution in [0.3, 0.4) is 0 Å². The number of benzene rings is 2. The molecule has 0 bridgehead atoms. The van der Waals surface area contributed by atoms with Crippen molar-refractivity contribution in [2.45, 2.75) is 24.7 Å². The molecular weight excluding hydrogens is 434 g/mol. The number of sulfonamides is 1. The molecule has 170 valence electrons. The molecule has 3 aromatic rings. The predicted molar refractivity (Wildman–Crippen MR) is 119 cm³/mol. The quantitative estimate of drug-likeness (QED) is 0.628. The number of rotatable bonds is 5. The Labute approximate surface area is 185 Å². The number of fused-ring (bicyclic) bond motifs is 1. The molecule has 0 radical (unpaired) electrons. The molecule has 2 aromatic carbocycles. The molecule has 0 spiro atoms. The van der Waals surface area contributed by atoms with Crippen LogP contribution < -0.4 is 15.8 Å². The van der Waals surface area contributed by atoms with Crippen LogP contribution in [0.5, 0.6) is 5.75 Å². The number of hydrogen-bond donors (Lipinski definition) is 1. The van der Waals surface area contributed by atoms with Gasteiger partial charge in [-0.15, -0.1) is 0 Å². The van der Waals surface area contributed by atoms with Gasteiger partial charge in [0.15, 0.2) is 5.58 Å². The first-order valence-electron chi connectivity index (χ1n) is 10.3. The van der Waals surface area contributed by atoms with E-state index in [4.69, 9.17) is 9.15 Å². The third-order valence-corrected chi connectivity index (χ3v) is 7.63. The van der Waals surface area contributed by atoms with Gasteiger partial charge in [0.05, 0.1) is 29.1 Å². The molecular formula is C22H25N3O6S. The van der Waals surface area contributed by atoms with Crippen LogP contribution in [0.25, 0.3) is 11.1 Å². The molecule has 9 nitrogen and oxygen atoms in total. The summed E-state index contributed by atoms with van der Waals surface area (Å²) in [6.07, 6.45) is 1.14. The number of nitrogens with one attached hydrogen (secondary N) is 1. The zero-order valence-corrected chi connectivity index (χ0v) is 18.9. The van der Waals surface area contributed by atoms with Crippen LogP contribution in [0.4, 0.5) is 5.69 Å². The number of oxazole rings is 1. The summed E-state index contributed by atoms with van der Waals surface area (Å²) in [6.45, 7) is 2.30. The maximum Gasteiger partial charge on any atom is 0.419 e. The monoisotopic (exact) mass is 459 g/mol. The molecule has 0 unspecified atom stereocenters. The van der Waals surface area contributed by atoms with E-state index in [0.29, 0.717) is 36.3 Å². The van der Waals surface area contributed by atoms with E-state index in [9.17, 15) is 18.0 Å². The molecule has 2 heterocycles. The van der Waals surface area contributed by atoms with Gasteiger partial charge in [0.1, 0.15) is 5.75 Å². The largest absolute Gasteiger partial charge is 0.495 e. The first-order valence-corrected chi connectivity index (χ1v) is 11.7. The van der Waals surface area contributed by atoms with Gasteiger partial charge in [-0.3, -0.25) is 9.36 Å². The van der Waals surface area contributed by atoms with Crippen molar-refractivity contribution in [2.24, 2.45) is 13.0 Å². The van der Waals surface area contributed by atoms with Crippen molar-refractivity contribution in [3.05, 3.63) is 52.5 Å². The highest BCUT2D eigenvalue weighted by molar-refractivity contribution is 7.89. The summed E-state index contributed by atoms with van der Waals surface area (Å²) in [4.78, 5) is 24.7. The maximum absolute atomic E-state index is 13.2. The van der Waals surface area contributed by atoms with E-state index in [1.54, 1.807) is 19.2 Å². The van der Waals surface area contributed by atoms with Crippen LogP contribution in [-0.2, 0) is 21.9 Å². The van der Waals surface area contributed by atoms with Crippen molar-refractivity contribution >= 4 is 32.7 Å². The Morgan fingerprint density at radius 1 is 1.22 bits per heavy atom. The summed E-state index contributed by atoms with van der Waals surface area (Å²) >= 11 is 0. The number of ether oxygens (including phenoxy) is 1. The van der Waals surface area contributed by atoms with Crippen LogP contribution in [0.1, 0.15) is 18.4 Å². The van der Waals surface area contributed by atoms with Gasteiger partial charge in [-0.25, -0.2) is 13.2 Å². The normalized spacial score (nSPS) is 17.4. The van der Waals surface area contributed by atoms with Gasteiger partial charge >= 0.3 is 5.76 Å². The van der Waals surface area contributed by atoms with Gasteiger partial charge in [-0.2, -0.15) is 4.31 Å². The van der Waals surface area contributed by atoms with Crippen molar-refractivity contribution in [1.82, 2.24) is 8.87 Å². The Balaban J connectivity index is 1.55. The zero-order chi connectivity index (χ0) is 23.0. The van der Waals surface area contributed by atoms with Crippen molar-refractivity contribution in [3.8, 4) is 5.75 Å². The second-order valence-corrected chi connectivity index (χ2v) is 9.89. The van der Waals surface area contributed by atoms with E-state index in [0.717, 1.165) is 5.56 Å². The minimum Gasteiger partial charge on any atom is -0.495 e. The van der Waals surface area contributed by atoms with E-state index in [1.165, 1.54) is 28.1 Å². The molecule has 0 aliphatic carbocycles. The van der Waals surface area contributed by atoms with E-state index >= 15 is 0 Å². The smallest absolute Gasteiger partial charge is 0.419 e. The molecule has 1 aliphatic rings. The van der Waals surface area contributed by atoms with Gasteiger partial charge in [0.25, 0.3) is 0 Å². The molecule has 32 heavy (non-hydrogen) atoms. The first kappa shape index (κ1) is 22.1. The van der Waals surface area contributed by atoms with E-state index in [2.05, 4.69) is 5.32 Å². The van der Waals surface area contributed by atoms with Crippen LogP contribution >= 0.6 is 0 Å². The summed E-state index contributed by atoms with van der Waals surface area (Å²) in [5.41, 5.74) is 2.24. The molecule has 1 amide bonds. The molecule has 1 aromatic heterocycles. The van der Waals surface area contributed by atoms with Crippen molar-refractivity contribution in [1.29, 1.82) is 0 Å². The minimum absolute atomic E-state index is 0.0285. The number of carbonyl (C=O) groups excluding carboxylic acids is 1. The minimum atomic E-state index is -3.86. The SMILES string of the molecule is COc1ccc(C)cc1NC(=O)[C@@H]1CCCN(S(=O)(=O)c2ccc3c(c2)oc(=O)n3C)C1. The van der Waals surface area contributed by atoms with Crippen LogP contribution in [0, 0.1) is 12.8 Å². The molecule has 1 saturated heterocycles. The molecule has 1 fully saturated rings. The van der Waals surface area contributed by atoms with Gasteiger partial charge in [0, 0.05) is 26.2 Å². The Kier molecular flexibility index (Phi) is 5.83. The first-order chi connectivity index (χ1) is 15.2. The van der Waals surface area contributed by atoms with Gasteiger partial charge in [0.2, 0.25) is 15.9 Å². The number of methoxy groups -OCH3 is 1. The third-order valence-electron chi connectivity index (χ3n) is 5.77. The number of nitrogens with zero attached hydrogens (tertiary/aromatic N) is 2. The number of piperidine rings is 1. The Morgan fingerprint density at radius 3 is 2.75 bits per heavy atom. The number of aryl methyl sites for hydroxylation is 2. The third kappa shape index (κ3) is 4.03. The fraction of sp³-hybridized carbons (Fsp3) is 0.364. The zero-order valence-electron chi connectivity index (χ0n) is 18.1. The second-order valence-electron chi connectivity index (χ2n) is 7.95. The number of carbonyl (C=O) groups is 1. The highest BCUT2D eigenvalue weighted by Gasteiger charge is 2.34. The highest BCUT2D eigenvalue weighted by atomic mass is 32.2. The van der Waals surface area contributed by atoms with Crippen molar-refractivity contribution in [2.75, 3.05) is 25.5 Å². The van der Waals surface area contributed by atoms with Gasteiger partial charge in [-0.05, 0) is 49.6 Å². The number of anilines is 1. The molecule has 4 rings (SSSR count). The lowest BCUT2D eigenvalue weighted by Gasteiger charge is -2.31. The summed E-state index contributed by atoms with van der Waals surface area (Å²) in [7, 11) is -0.775. The van der Waals surface area contributed by atoms with Crippen LogP contribution in [0.2, 0.25) is 0 Å². The standard InChI is InChI=1S/C22H25N3O6S/c1-14-6-9-19(30-3)17(11-14)23-21(26)15-5-4-10-25(13-15)32(28,29)16-7-8-18-20(12-16)31-22(27)24(18)2/h6-9,11-12,15H,4-5,10,13H2,1-3H3,(H,23,26)/t15-/m1/s1. The number of amides is 1. The van der Waals surface area contributed by atoms with Crippen LogP contribution in [0.15, 0.2) is 50.5 Å². The summed E-state index contributed by atoms with van der Waals surface area (Å²) in [5, 5.41) is 2.88. The Bertz CT molecular complexity index is 1340. The van der Waals surface area contributed by atoms with Gasteiger partial charge in [-0.1, -0.05) is 6.07 Å². The lowest BCUT2D eigenvalue weighted by Crippen LogP contribution is -2.43. The topological polar surface area (TPSA) is 111 Å². The molecule has 10 heteroatoms. The lowest BCUT2D eigenvalue weighted by atomic mass is 9.98. The second kappa shape index (κ2) is 8.44. The number of hydrogen-bond acceptors (Lipinski definition) is 6. The summed E-state index contributed by atoms with van der Waals surface area (Å²) in [5.74, 6) is -0.766.